The fourth-order valence-corrected chi connectivity index (χ4v) is 5.83. The van der Waals surface area contributed by atoms with Gasteiger partial charge in [0.05, 0.1) is 12.1 Å². The minimum atomic E-state index is -0.0429. The number of unbranched alkanes of at least 4 members (excludes halogenated alkanes) is 4. The van der Waals surface area contributed by atoms with Crippen molar-refractivity contribution in [3.63, 3.8) is 0 Å². The molecule has 0 aliphatic heterocycles. The summed E-state index contributed by atoms with van der Waals surface area (Å²) in [5.41, 5.74) is 1.09. The second kappa shape index (κ2) is 13.2. The molecule has 3 nitrogen and oxygen atoms in total. The molecule has 2 aliphatic rings. The molecule has 3 rings (SSSR count). The highest BCUT2D eigenvalue weighted by atomic mass is 16.5. The van der Waals surface area contributed by atoms with Gasteiger partial charge in [0.15, 0.2) is 0 Å². The number of ether oxygens (including phenoxy) is 1. The Labute approximate surface area is 190 Å². The molecule has 2 fully saturated rings. The lowest BCUT2D eigenvalue weighted by Crippen LogP contribution is -2.30. The Bertz CT molecular complexity index is 625. The van der Waals surface area contributed by atoms with E-state index in [2.05, 4.69) is 18.8 Å². The highest BCUT2D eigenvalue weighted by Crippen LogP contribution is 2.42. The smallest absolute Gasteiger partial charge is 0.314 e. The lowest BCUT2D eigenvalue weighted by molar-refractivity contribution is -0.140. The number of pyridine rings is 1. The lowest BCUT2D eigenvalue weighted by Gasteiger charge is -2.37. The molecule has 1 aromatic heterocycles. The molecule has 0 spiro atoms. The van der Waals surface area contributed by atoms with Gasteiger partial charge in [0.1, 0.15) is 5.75 Å². The summed E-state index contributed by atoms with van der Waals surface area (Å²) in [7, 11) is 0. The molecule has 0 atom stereocenters. The van der Waals surface area contributed by atoms with Crippen molar-refractivity contribution in [2.45, 2.75) is 117 Å². The van der Waals surface area contributed by atoms with Crippen molar-refractivity contribution in [1.29, 1.82) is 0 Å². The largest absolute Gasteiger partial charge is 0.425 e. The van der Waals surface area contributed by atoms with Crippen molar-refractivity contribution in [2.24, 2.45) is 23.7 Å². The summed E-state index contributed by atoms with van der Waals surface area (Å²) in [6.45, 7) is 4.51. The summed E-state index contributed by atoms with van der Waals surface area (Å²) in [5, 5.41) is 0. The van der Waals surface area contributed by atoms with Gasteiger partial charge in [-0.05, 0) is 81.3 Å². The summed E-state index contributed by atoms with van der Waals surface area (Å²) < 4.78 is 5.67. The van der Waals surface area contributed by atoms with Crippen molar-refractivity contribution in [3.8, 4) is 5.75 Å². The molecule has 0 radical (unpaired) electrons. The highest BCUT2D eigenvalue weighted by molar-refractivity contribution is 5.75. The summed E-state index contributed by atoms with van der Waals surface area (Å²) in [6, 6.07) is 3.92. The zero-order valence-corrected chi connectivity index (χ0v) is 20.1. The molecule has 0 N–H and O–H groups in total. The maximum Gasteiger partial charge on any atom is 0.314 e. The second-order valence-corrected chi connectivity index (χ2v) is 10.3. The fraction of sp³-hybridized carbons (Fsp3) is 0.786. The molecule has 174 valence electrons. The van der Waals surface area contributed by atoms with Gasteiger partial charge in [0, 0.05) is 5.69 Å². The fourth-order valence-electron chi connectivity index (χ4n) is 5.83. The quantitative estimate of drug-likeness (QED) is 0.266. The molecule has 0 unspecified atom stereocenters. The Balaban J connectivity index is 1.35. The van der Waals surface area contributed by atoms with Crippen LogP contribution < -0.4 is 4.74 Å². The molecule has 0 bridgehead atoms. The average molecular weight is 428 g/mol. The monoisotopic (exact) mass is 427 g/mol. The van der Waals surface area contributed by atoms with Gasteiger partial charge >= 0.3 is 5.97 Å². The van der Waals surface area contributed by atoms with E-state index in [9.17, 15) is 4.79 Å². The van der Waals surface area contributed by atoms with E-state index in [0.29, 0.717) is 5.75 Å². The van der Waals surface area contributed by atoms with Gasteiger partial charge in [-0.15, -0.1) is 0 Å². The molecule has 2 aliphatic carbocycles. The molecule has 0 aromatic carbocycles. The number of hydrogen-bond donors (Lipinski definition) is 0. The van der Waals surface area contributed by atoms with E-state index in [0.717, 1.165) is 42.7 Å². The third-order valence-electron chi connectivity index (χ3n) is 7.93. The van der Waals surface area contributed by atoms with Gasteiger partial charge in [-0.1, -0.05) is 65.2 Å². The van der Waals surface area contributed by atoms with Crippen LogP contribution in [0.1, 0.15) is 116 Å². The number of carbonyl (C=O) groups is 1. The molecule has 0 saturated heterocycles. The number of rotatable bonds is 11. The van der Waals surface area contributed by atoms with E-state index in [4.69, 9.17) is 4.74 Å². The zero-order chi connectivity index (χ0) is 21.9. The Kier molecular flexibility index (Phi) is 10.4. The Morgan fingerprint density at radius 1 is 0.871 bits per heavy atom. The number of nitrogens with zero attached hydrogens (tertiary/aromatic N) is 1. The topological polar surface area (TPSA) is 39.2 Å². The van der Waals surface area contributed by atoms with Crippen LogP contribution in [-0.2, 0) is 11.2 Å². The van der Waals surface area contributed by atoms with Crippen molar-refractivity contribution in [1.82, 2.24) is 4.98 Å². The number of hydrogen-bond acceptors (Lipinski definition) is 3. The molecule has 1 heterocycles. The number of aromatic nitrogens is 1. The van der Waals surface area contributed by atoms with E-state index in [1.165, 1.54) is 83.5 Å². The van der Waals surface area contributed by atoms with Crippen LogP contribution in [0.4, 0.5) is 0 Å². The van der Waals surface area contributed by atoms with Crippen LogP contribution in [0.15, 0.2) is 18.3 Å². The lowest BCUT2D eigenvalue weighted by atomic mass is 9.68. The van der Waals surface area contributed by atoms with E-state index in [-0.39, 0.29) is 11.9 Å². The van der Waals surface area contributed by atoms with E-state index in [1.54, 1.807) is 6.20 Å². The van der Waals surface area contributed by atoms with Crippen LogP contribution in [0.25, 0.3) is 0 Å². The van der Waals surface area contributed by atoms with E-state index in [1.807, 2.05) is 12.1 Å². The van der Waals surface area contributed by atoms with Gasteiger partial charge in [0.25, 0.3) is 0 Å². The molecule has 3 heteroatoms. The molecule has 2 saturated carbocycles. The maximum absolute atomic E-state index is 12.7. The summed E-state index contributed by atoms with van der Waals surface area (Å²) in [6.07, 6.45) is 22.1. The van der Waals surface area contributed by atoms with Crippen LogP contribution in [0.2, 0.25) is 0 Å². The third-order valence-corrected chi connectivity index (χ3v) is 7.93. The molecular formula is C28H45NO2. The number of esters is 1. The van der Waals surface area contributed by atoms with E-state index < -0.39 is 0 Å². The molecule has 31 heavy (non-hydrogen) atoms. The Morgan fingerprint density at radius 2 is 1.52 bits per heavy atom. The average Bonchev–Trinajstić information content (AvgIpc) is 2.81. The number of carbonyl (C=O) groups excluding carboxylic acids is 1. The summed E-state index contributed by atoms with van der Waals surface area (Å²) in [5.74, 6) is 3.37. The predicted molar refractivity (Wildman–Crippen MR) is 128 cm³/mol. The molecule has 0 amide bonds. The van der Waals surface area contributed by atoms with Gasteiger partial charge in [-0.2, -0.15) is 0 Å². The highest BCUT2D eigenvalue weighted by Gasteiger charge is 2.33. The molecule has 1 aromatic rings. The normalized spacial score (nSPS) is 26.5. The Hall–Kier alpha value is -1.38. The standard InChI is InChI=1S/C28H45NO2/c1-3-5-7-9-22-11-13-23(14-12-22)24-15-17-25(18-16-24)28(30)31-27-20-19-26(29-21-27)10-8-6-4-2/h19-25H,3-18H2,1-2H3. The first-order chi connectivity index (χ1) is 15.2. The minimum Gasteiger partial charge on any atom is -0.425 e. The van der Waals surface area contributed by atoms with Gasteiger partial charge in [-0.25, -0.2) is 0 Å². The third kappa shape index (κ3) is 7.91. The van der Waals surface area contributed by atoms with Gasteiger partial charge in [-0.3, -0.25) is 9.78 Å². The van der Waals surface area contributed by atoms with Crippen LogP contribution >= 0.6 is 0 Å². The van der Waals surface area contributed by atoms with Crippen LogP contribution in [0, 0.1) is 23.7 Å². The maximum atomic E-state index is 12.7. The van der Waals surface area contributed by atoms with Crippen LogP contribution in [0.3, 0.4) is 0 Å². The van der Waals surface area contributed by atoms with Crippen molar-refractivity contribution in [2.75, 3.05) is 0 Å². The van der Waals surface area contributed by atoms with Crippen molar-refractivity contribution in [3.05, 3.63) is 24.0 Å². The van der Waals surface area contributed by atoms with Crippen molar-refractivity contribution < 1.29 is 9.53 Å². The van der Waals surface area contributed by atoms with Crippen molar-refractivity contribution >= 4 is 5.97 Å². The first kappa shape index (κ1) is 24.3. The summed E-state index contributed by atoms with van der Waals surface area (Å²) in [4.78, 5) is 17.1. The zero-order valence-electron chi connectivity index (χ0n) is 20.1. The first-order valence-corrected chi connectivity index (χ1v) is 13.4. The SMILES string of the molecule is CCCCCc1ccc(OC(=O)C2CCC(C3CCC(CCCCC)CC3)CC2)cn1. The van der Waals surface area contributed by atoms with Crippen LogP contribution in [0.5, 0.6) is 5.75 Å². The Morgan fingerprint density at radius 3 is 2.13 bits per heavy atom. The predicted octanol–water partition coefficient (Wildman–Crippen LogP) is 7.91. The van der Waals surface area contributed by atoms with E-state index >= 15 is 0 Å². The van der Waals surface area contributed by atoms with Gasteiger partial charge < -0.3 is 4.74 Å². The minimum absolute atomic E-state index is 0.0429. The number of aryl methyl sites for hydroxylation is 1. The van der Waals surface area contributed by atoms with Crippen LogP contribution in [-0.4, -0.2) is 11.0 Å². The molecular weight excluding hydrogens is 382 g/mol. The first-order valence-electron chi connectivity index (χ1n) is 13.4. The summed E-state index contributed by atoms with van der Waals surface area (Å²) >= 11 is 0. The second-order valence-electron chi connectivity index (χ2n) is 10.3. The van der Waals surface area contributed by atoms with Gasteiger partial charge in [0.2, 0.25) is 0 Å².